The third-order valence-corrected chi connectivity index (χ3v) is 4.32. The SMILES string of the molecule is CCC1CCCCN1Cc1cc(=O)c(O)cn1CCOC. The van der Waals surface area contributed by atoms with E-state index in [0.717, 1.165) is 25.2 Å². The van der Waals surface area contributed by atoms with Crippen LogP contribution in [-0.2, 0) is 17.8 Å². The molecular formula is C16H26N2O3. The summed E-state index contributed by atoms with van der Waals surface area (Å²) in [7, 11) is 1.65. The molecule has 0 amide bonds. The third kappa shape index (κ3) is 4.08. The molecule has 21 heavy (non-hydrogen) atoms. The third-order valence-electron chi connectivity index (χ3n) is 4.32. The van der Waals surface area contributed by atoms with Gasteiger partial charge in [-0.3, -0.25) is 9.69 Å². The topological polar surface area (TPSA) is 54.7 Å². The Morgan fingerprint density at radius 1 is 1.43 bits per heavy atom. The van der Waals surface area contributed by atoms with Crippen molar-refractivity contribution in [2.24, 2.45) is 0 Å². The van der Waals surface area contributed by atoms with E-state index in [2.05, 4.69) is 11.8 Å². The van der Waals surface area contributed by atoms with Crippen LogP contribution in [0.5, 0.6) is 5.75 Å². The van der Waals surface area contributed by atoms with Crippen molar-refractivity contribution in [2.75, 3.05) is 20.3 Å². The molecule has 1 aromatic heterocycles. The van der Waals surface area contributed by atoms with Crippen LogP contribution in [0.3, 0.4) is 0 Å². The molecule has 1 unspecified atom stereocenters. The van der Waals surface area contributed by atoms with E-state index in [1.165, 1.54) is 25.5 Å². The van der Waals surface area contributed by atoms with E-state index in [0.29, 0.717) is 19.2 Å². The Morgan fingerprint density at radius 3 is 2.95 bits per heavy atom. The molecule has 5 nitrogen and oxygen atoms in total. The van der Waals surface area contributed by atoms with Gasteiger partial charge in [-0.05, 0) is 25.8 Å². The molecule has 0 saturated carbocycles. The molecule has 2 heterocycles. The standard InChI is InChI=1S/C16H26N2O3/c1-3-13-6-4-5-7-17(13)11-14-10-15(19)16(20)12-18(14)8-9-21-2/h10,12-13,20H,3-9,11H2,1-2H3. The summed E-state index contributed by atoms with van der Waals surface area (Å²) in [5.41, 5.74) is 0.652. The van der Waals surface area contributed by atoms with E-state index in [-0.39, 0.29) is 11.2 Å². The lowest BCUT2D eigenvalue weighted by atomic mass is 10.00. The van der Waals surface area contributed by atoms with Gasteiger partial charge in [0.05, 0.1) is 12.8 Å². The largest absolute Gasteiger partial charge is 0.503 e. The number of methoxy groups -OCH3 is 1. The summed E-state index contributed by atoms with van der Waals surface area (Å²) < 4.78 is 7.04. The van der Waals surface area contributed by atoms with Crippen molar-refractivity contribution in [1.82, 2.24) is 9.47 Å². The van der Waals surface area contributed by atoms with Gasteiger partial charge in [-0.1, -0.05) is 13.3 Å². The van der Waals surface area contributed by atoms with Gasteiger partial charge in [0.2, 0.25) is 5.43 Å². The highest BCUT2D eigenvalue weighted by atomic mass is 16.5. The van der Waals surface area contributed by atoms with Crippen LogP contribution in [-0.4, -0.2) is 40.9 Å². The Hall–Kier alpha value is -1.33. The molecule has 0 aliphatic carbocycles. The number of hydrogen-bond donors (Lipinski definition) is 1. The van der Waals surface area contributed by atoms with Crippen LogP contribution in [0.1, 0.15) is 38.3 Å². The maximum absolute atomic E-state index is 11.7. The van der Waals surface area contributed by atoms with Crippen LogP contribution >= 0.6 is 0 Å². The second kappa shape index (κ2) is 7.61. The number of aromatic hydroxyl groups is 1. The van der Waals surface area contributed by atoms with Gasteiger partial charge in [0.1, 0.15) is 0 Å². The highest BCUT2D eigenvalue weighted by Crippen LogP contribution is 2.21. The van der Waals surface area contributed by atoms with Gasteiger partial charge in [0, 0.05) is 38.0 Å². The van der Waals surface area contributed by atoms with Gasteiger partial charge in [0.25, 0.3) is 0 Å². The van der Waals surface area contributed by atoms with Gasteiger partial charge in [0.15, 0.2) is 5.75 Å². The number of hydrogen-bond acceptors (Lipinski definition) is 4. The Balaban J connectivity index is 2.20. The zero-order valence-electron chi connectivity index (χ0n) is 13.0. The number of likely N-dealkylation sites (tertiary alicyclic amines) is 1. The quantitative estimate of drug-likeness (QED) is 0.871. The fourth-order valence-corrected chi connectivity index (χ4v) is 3.08. The van der Waals surface area contributed by atoms with Crippen molar-refractivity contribution >= 4 is 0 Å². The van der Waals surface area contributed by atoms with E-state index in [1.54, 1.807) is 13.2 Å². The van der Waals surface area contributed by atoms with Crippen molar-refractivity contribution < 1.29 is 9.84 Å². The molecule has 1 atom stereocenters. The monoisotopic (exact) mass is 294 g/mol. The summed E-state index contributed by atoms with van der Waals surface area (Å²) in [4.78, 5) is 14.2. The predicted molar refractivity (Wildman–Crippen MR) is 82.6 cm³/mol. The summed E-state index contributed by atoms with van der Waals surface area (Å²) in [6.07, 6.45) is 6.41. The second-order valence-electron chi connectivity index (χ2n) is 5.73. The normalized spacial score (nSPS) is 19.8. The first-order valence-electron chi connectivity index (χ1n) is 7.81. The van der Waals surface area contributed by atoms with Crippen molar-refractivity contribution in [3.8, 4) is 5.75 Å². The van der Waals surface area contributed by atoms with Crippen LogP contribution in [0.4, 0.5) is 0 Å². The van der Waals surface area contributed by atoms with Crippen LogP contribution < -0.4 is 5.43 Å². The molecule has 1 saturated heterocycles. The van der Waals surface area contributed by atoms with Crippen molar-refractivity contribution in [3.63, 3.8) is 0 Å². The maximum Gasteiger partial charge on any atom is 0.223 e. The average Bonchev–Trinajstić information content (AvgIpc) is 2.50. The molecule has 5 heteroatoms. The zero-order valence-corrected chi connectivity index (χ0v) is 13.0. The maximum atomic E-state index is 11.7. The van der Waals surface area contributed by atoms with Crippen LogP contribution in [0.15, 0.2) is 17.1 Å². The molecule has 1 N–H and O–H groups in total. The molecule has 118 valence electrons. The van der Waals surface area contributed by atoms with E-state index >= 15 is 0 Å². The lowest BCUT2D eigenvalue weighted by molar-refractivity contribution is 0.130. The van der Waals surface area contributed by atoms with E-state index in [4.69, 9.17) is 4.74 Å². The zero-order chi connectivity index (χ0) is 15.2. The van der Waals surface area contributed by atoms with Gasteiger partial charge < -0.3 is 14.4 Å². The van der Waals surface area contributed by atoms with Crippen molar-refractivity contribution in [3.05, 3.63) is 28.2 Å². The van der Waals surface area contributed by atoms with Gasteiger partial charge in [-0.15, -0.1) is 0 Å². The Labute approximate surface area is 126 Å². The van der Waals surface area contributed by atoms with Gasteiger partial charge >= 0.3 is 0 Å². The van der Waals surface area contributed by atoms with E-state index < -0.39 is 0 Å². The number of aromatic nitrogens is 1. The average molecular weight is 294 g/mol. The summed E-state index contributed by atoms with van der Waals surface area (Å²) in [5.74, 6) is -0.194. The van der Waals surface area contributed by atoms with Crippen molar-refractivity contribution in [2.45, 2.75) is 51.7 Å². The summed E-state index contributed by atoms with van der Waals surface area (Å²) >= 11 is 0. The Bertz CT molecular complexity index is 513. The first-order valence-corrected chi connectivity index (χ1v) is 7.81. The first-order chi connectivity index (χ1) is 10.2. The highest BCUT2D eigenvalue weighted by molar-refractivity contribution is 5.20. The highest BCUT2D eigenvalue weighted by Gasteiger charge is 2.21. The Kier molecular flexibility index (Phi) is 5.82. The smallest absolute Gasteiger partial charge is 0.223 e. The number of pyridine rings is 1. The lowest BCUT2D eigenvalue weighted by Crippen LogP contribution is -2.39. The summed E-state index contributed by atoms with van der Waals surface area (Å²) in [6, 6.07) is 2.16. The summed E-state index contributed by atoms with van der Waals surface area (Å²) in [6.45, 7) is 5.27. The minimum absolute atomic E-state index is 0.194. The minimum Gasteiger partial charge on any atom is -0.503 e. The number of rotatable bonds is 6. The molecule has 1 aromatic rings. The molecule has 1 aliphatic heterocycles. The fourth-order valence-electron chi connectivity index (χ4n) is 3.08. The molecular weight excluding hydrogens is 268 g/mol. The molecule has 0 bridgehead atoms. The summed E-state index contributed by atoms with van der Waals surface area (Å²) in [5, 5.41) is 9.64. The predicted octanol–water partition coefficient (Wildman–Crippen LogP) is 1.96. The van der Waals surface area contributed by atoms with Crippen LogP contribution in [0.25, 0.3) is 0 Å². The molecule has 0 aromatic carbocycles. The van der Waals surface area contributed by atoms with Crippen LogP contribution in [0.2, 0.25) is 0 Å². The number of nitrogens with zero attached hydrogens (tertiary/aromatic N) is 2. The number of piperidine rings is 1. The van der Waals surface area contributed by atoms with Crippen LogP contribution in [0, 0.1) is 0 Å². The number of ether oxygens (including phenoxy) is 1. The van der Waals surface area contributed by atoms with E-state index in [9.17, 15) is 9.90 Å². The lowest BCUT2D eigenvalue weighted by Gasteiger charge is -2.35. The molecule has 2 rings (SSSR count). The second-order valence-corrected chi connectivity index (χ2v) is 5.73. The molecule has 0 radical (unpaired) electrons. The Morgan fingerprint density at radius 2 is 2.24 bits per heavy atom. The fraction of sp³-hybridized carbons (Fsp3) is 0.688. The van der Waals surface area contributed by atoms with E-state index in [1.807, 2.05) is 4.57 Å². The molecule has 1 aliphatic rings. The molecule has 1 fully saturated rings. The minimum atomic E-state index is -0.302. The molecule has 0 spiro atoms. The van der Waals surface area contributed by atoms with Crippen molar-refractivity contribution in [1.29, 1.82) is 0 Å². The first kappa shape index (κ1) is 16.0. The van der Waals surface area contributed by atoms with Gasteiger partial charge in [-0.25, -0.2) is 0 Å². The van der Waals surface area contributed by atoms with Gasteiger partial charge in [-0.2, -0.15) is 0 Å².